The highest BCUT2D eigenvalue weighted by Gasteiger charge is 2.42. The van der Waals surface area contributed by atoms with Crippen LogP contribution in [0.3, 0.4) is 0 Å². The Labute approximate surface area is 243 Å². The van der Waals surface area contributed by atoms with Crippen LogP contribution in [0.4, 0.5) is 25.1 Å². The monoisotopic (exact) mass is 606 g/mol. The molecule has 230 valence electrons. The highest BCUT2D eigenvalue weighted by atomic mass is 19.4. The zero-order valence-corrected chi connectivity index (χ0v) is 23.4. The van der Waals surface area contributed by atoms with E-state index in [0.717, 1.165) is 0 Å². The third-order valence-electron chi connectivity index (χ3n) is 5.87. The van der Waals surface area contributed by atoms with Gasteiger partial charge >= 0.3 is 12.1 Å². The number of rotatable bonds is 14. The molecule has 0 aliphatic rings. The summed E-state index contributed by atoms with van der Waals surface area (Å²) < 4.78 is 65.4. The van der Waals surface area contributed by atoms with Gasteiger partial charge in [-0.05, 0) is 31.2 Å². The molecule has 0 aliphatic carbocycles. The van der Waals surface area contributed by atoms with Crippen LogP contribution in [0.2, 0.25) is 0 Å². The smallest absolute Gasteiger partial charge is 0.491 e. The molecule has 16 heteroatoms. The second-order valence-electron chi connectivity index (χ2n) is 8.84. The van der Waals surface area contributed by atoms with Crippen molar-refractivity contribution in [1.29, 1.82) is 0 Å². The van der Waals surface area contributed by atoms with Gasteiger partial charge < -0.3 is 34.1 Å². The molecular weight excluding hydrogens is 577 g/mol. The van der Waals surface area contributed by atoms with Crippen LogP contribution in [-0.4, -0.2) is 90.9 Å². The van der Waals surface area contributed by atoms with Crippen molar-refractivity contribution in [3.63, 3.8) is 0 Å². The van der Waals surface area contributed by atoms with E-state index in [2.05, 4.69) is 35.3 Å². The lowest BCUT2D eigenvalue weighted by atomic mass is 10.1. The number of esters is 1. The van der Waals surface area contributed by atoms with E-state index in [-0.39, 0.29) is 48.4 Å². The Hall–Kier alpha value is -4.54. The molecule has 0 saturated carbocycles. The Morgan fingerprint density at radius 3 is 2.30 bits per heavy atom. The van der Waals surface area contributed by atoms with Gasteiger partial charge in [-0.2, -0.15) is 18.2 Å². The topological polar surface area (TPSA) is 159 Å². The van der Waals surface area contributed by atoms with Gasteiger partial charge in [-0.1, -0.05) is 0 Å². The van der Waals surface area contributed by atoms with Gasteiger partial charge in [0.25, 0.3) is 0 Å². The van der Waals surface area contributed by atoms with E-state index < -0.39 is 18.0 Å². The molecule has 43 heavy (non-hydrogen) atoms. The van der Waals surface area contributed by atoms with E-state index in [1.165, 1.54) is 26.4 Å². The van der Waals surface area contributed by atoms with Crippen molar-refractivity contribution in [2.24, 2.45) is 0 Å². The van der Waals surface area contributed by atoms with Gasteiger partial charge in [-0.25, -0.2) is 19.7 Å². The number of anilines is 2. The average molecular weight is 607 g/mol. The average Bonchev–Trinajstić information content (AvgIpc) is 2.97. The minimum atomic E-state index is -5.26. The summed E-state index contributed by atoms with van der Waals surface area (Å²) >= 11 is 0. The highest BCUT2D eigenvalue weighted by molar-refractivity contribution is 5.90. The number of ether oxygens (including phenoxy) is 5. The van der Waals surface area contributed by atoms with Gasteiger partial charge in [0.2, 0.25) is 17.8 Å². The number of aromatic nitrogens is 4. The van der Waals surface area contributed by atoms with Crippen molar-refractivity contribution in [2.45, 2.75) is 13.1 Å². The fraction of sp³-hybridized carbons (Fsp3) is 0.370. The largest absolute Gasteiger partial charge is 0.493 e. The number of carbonyl (C=O) groups excluding carboxylic acids is 1. The van der Waals surface area contributed by atoms with Crippen LogP contribution in [0.1, 0.15) is 5.69 Å². The van der Waals surface area contributed by atoms with Crippen LogP contribution in [-0.2, 0) is 9.53 Å². The van der Waals surface area contributed by atoms with Crippen LogP contribution in [0, 0.1) is 6.92 Å². The Morgan fingerprint density at radius 2 is 1.58 bits per heavy atom. The molecule has 0 atom stereocenters. The van der Waals surface area contributed by atoms with Gasteiger partial charge in [0, 0.05) is 24.5 Å². The van der Waals surface area contributed by atoms with E-state index in [1.807, 2.05) is 0 Å². The first-order valence-corrected chi connectivity index (χ1v) is 12.9. The van der Waals surface area contributed by atoms with Crippen molar-refractivity contribution < 1.29 is 46.8 Å². The molecule has 2 aromatic carbocycles. The molecule has 3 N–H and O–H groups in total. The van der Waals surface area contributed by atoms with E-state index in [9.17, 15) is 18.0 Å². The molecule has 0 radical (unpaired) electrons. The lowest BCUT2D eigenvalue weighted by Gasteiger charge is -2.13. The minimum absolute atomic E-state index is 0.0125. The van der Waals surface area contributed by atoms with E-state index in [4.69, 9.17) is 24.1 Å². The first kappa shape index (κ1) is 31.4. The lowest BCUT2D eigenvalue weighted by Crippen LogP contribution is -2.28. The molecule has 0 aliphatic heterocycles. The predicted molar refractivity (Wildman–Crippen MR) is 148 cm³/mol. The van der Waals surface area contributed by atoms with Crippen molar-refractivity contribution in [3.8, 4) is 23.1 Å². The number of benzene rings is 2. The molecule has 13 nitrogen and oxygen atoms in total. The maximum atomic E-state index is 13.1. The summed E-state index contributed by atoms with van der Waals surface area (Å²) in [5, 5.41) is 15.2. The Kier molecular flexibility index (Phi) is 10.3. The van der Waals surface area contributed by atoms with Gasteiger partial charge in [0.15, 0.2) is 11.5 Å². The summed E-state index contributed by atoms with van der Waals surface area (Å²) in [7, 11) is 2.98. The van der Waals surface area contributed by atoms with Crippen LogP contribution in [0.5, 0.6) is 23.1 Å². The summed E-state index contributed by atoms with van der Waals surface area (Å²) in [5.41, 5.74) is 1.22. The van der Waals surface area contributed by atoms with Gasteiger partial charge in [-0.3, -0.25) is 5.32 Å². The number of nitrogens with one attached hydrogen (secondary N) is 2. The zero-order valence-electron chi connectivity index (χ0n) is 23.4. The number of hydrogen-bond donors (Lipinski definition) is 3. The third kappa shape index (κ3) is 8.06. The summed E-state index contributed by atoms with van der Waals surface area (Å²) in [6.07, 6.45) is -5.26. The molecular formula is C27H29F3N6O7. The van der Waals surface area contributed by atoms with Crippen molar-refractivity contribution in [3.05, 3.63) is 36.0 Å². The SMILES string of the molecule is COc1cc2nc(Nc3nc(OC(=O)C(F)(F)F)c4cc(OCCNCCOCCO)ccc4n3)nc(C)c2cc1OC. The van der Waals surface area contributed by atoms with Crippen molar-refractivity contribution >= 4 is 39.7 Å². The van der Waals surface area contributed by atoms with Crippen molar-refractivity contribution in [1.82, 2.24) is 25.3 Å². The molecule has 2 heterocycles. The first-order chi connectivity index (χ1) is 20.6. The Bertz CT molecular complexity index is 1590. The van der Waals surface area contributed by atoms with Crippen LogP contribution in [0.15, 0.2) is 30.3 Å². The second kappa shape index (κ2) is 14.1. The standard InChI is InChI=1S/C27H29F3N6O7/c1-15-17-13-21(39-2)22(40-3)14-20(17)34-25(32-15)36-26-33-19-5-4-16(42-10-7-31-6-9-41-11-8-37)12-18(19)23(35-26)43-24(38)27(28,29)30/h4-5,12-14,31,37H,6-11H2,1-3H3,(H,32,33,34,35,36). The molecule has 2 aromatic heterocycles. The zero-order chi connectivity index (χ0) is 31.0. The number of hydrogen-bond acceptors (Lipinski definition) is 13. The van der Waals surface area contributed by atoms with E-state index in [0.29, 0.717) is 47.8 Å². The first-order valence-electron chi connectivity index (χ1n) is 12.9. The summed E-state index contributed by atoms with van der Waals surface area (Å²) in [4.78, 5) is 28.9. The fourth-order valence-electron chi connectivity index (χ4n) is 3.89. The number of carbonyl (C=O) groups is 1. The molecule has 0 saturated heterocycles. The maximum absolute atomic E-state index is 13.1. The van der Waals surface area contributed by atoms with Crippen LogP contribution < -0.4 is 29.6 Å². The third-order valence-corrected chi connectivity index (χ3v) is 5.87. The van der Waals surface area contributed by atoms with E-state index >= 15 is 0 Å². The summed E-state index contributed by atoms with van der Waals surface area (Å²) in [6.45, 7) is 3.53. The minimum Gasteiger partial charge on any atom is -0.493 e. The second-order valence-corrected chi connectivity index (χ2v) is 8.84. The summed E-state index contributed by atoms with van der Waals surface area (Å²) in [5.74, 6) is -2.04. The quantitative estimate of drug-likeness (QED) is 0.142. The number of aryl methyl sites for hydroxylation is 1. The molecule has 0 fully saturated rings. The van der Waals surface area contributed by atoms with Gasteiger partial charge in [0.1, 0.15) is 12.4 Å². The molecule has 0 amide bonds. The van der Waals surface area contributed by atoms with Crippen LogP contribution in [0.25, 0.3) is 21.8 Å². The van der Waals surface area contributed by atoms with E-state index in [1.54, 1.807) is 25.1 Å². The number of aliphatic hydroxyl groups is 1. The number of nitrogens with zero attached hydrogens (tertiary/aromatic N) is 4. The maximum Gasteiger partial charge on any atom is 0.491 e. The molecule has 0 unspecified atom stereocenters. The van der Waals surface area contributed by atoms with Gasteiger partial charge in [0.05, 0.1) is 56.2 Å². The number of halogens is 3. The number of methoxy groups -OCH3 is 2. The molecule has 0 spiro atoms. The van der Waals surface area contributed by atoms with Gasteiger partial charge in [-0.15, -0.1) is 0 Å². The number of fused-ring (bicyclic) bond motifs is 2. The van der Waals surface area contributed by atoms with Crippen molar-refractivity contribution in [2.75, 3.05) is 59.1 Å². The lowest BCUT2D eigenvalue weighted by molar-refractivity contribution is -0.189. The predicted octanol–water partition coefficient (Wildman–Crippen LogP) is 3.09. The number of alkyl halides is 3. The molecule has 4 aromatic rings. The Balaban J connectivity index is 1.59. The highest BCUT2D eigenvalue weighted by Crippen LogP contribution is 2.34. The number of aliphatic hydroxyl groups excluding tert-OH is 1. The molecule has 4 rings (SSSR count). The molecule has 0 bridgehead atoms. The normalized spacial score (nSPS) is 11.5. The summed E-state index contributed by atoms with van der Waals surface area (Å²) in [6, 6.07) is 7.79. The fourth-order valence-corrected chi connectivity index (χ4v) is 3.89. The van der Waals surface area contributed by atoms with Crippen LogP contribution >= 0.6 is 0 Å². The Morgan fingerprint density at radius 1 is 0.884 bits per heavy atom.